The van der Waals surface area contributed by atoms with Gasteiger partial charge in [0.25, 0.3) is 0 Å². The molecule has 2 aliphatic heterocycles. The summed E-state index contributed by atoms with van der Waals surface area (Å²) in [6.07, 6.45) is 4.76. The Morgan fingerprint density at radius 3 is 2.94 bits per heavy atom. The smallest absolute Gasteiger partial charge is 0.356 e. The molecule has 2 aliphatic rings. The summed E-state index contributed by atoms with van der Waals surface area (Å²) < 4.78 is 5.71. The summed E-state index contributed by atoms with van der Waals surface area (Å²) in [5.74, 6) is -0.467. The van der Waals surface area contributed by atoms with Gasteiger partial charge in [-0.1, -0.05) is 11.6 Å². The number of halogens is 1. The second kappa shape index (κ2) is 3.92. The summed E-state index contributed by atoms with van der Waals surface area (Å²) in [6.45, 7) is 0. The molecule has 1 N–H and O–H groups in total. The fraction of sp³-hybridized carbons (Fsp3) is 0.545. The van der Waals surface area contributed by atoms with Gasteiger partial charge in [-0.2, -0.15) is 0 Å². The molecule has 2 fully saturated rings. The maximum absolute atomic E-state index is 10.9. The van der Waals surface area contributed by atoms with E-state index >= 15 is 0 Å². The van der Waals surface area contributed by atoms with E-state index in [2.05, 4.69) is 9.97 Å². The van der Waals surface area contributed by atoms with Crippen molar-refractivity contribution < 1.29 is 14.6 Å². The van der Waals surface area contributed by atoms with Crippen molar-refractivity contribution in [3.8, 4) is 0 Å². The Morgan fingerprint density at radius 1 is 1.53 bits per heavy atom. The molecule has 0 amide bonds. The Labute approximate surface area is 103 Å². The van der Waals surface area contributed by atoms with Gasteiger partial charge >= 0.3 is 5.97 Å². The highest BCUT2D eigenvalue weighted by molar-refractivity contribution is 6.33. The first-order valence-electron chi connectivity index (χ1n) is 5.56. The molecule has 5 nitrogen and oxygen atoms in total. The van der Waals surface area contributed by atoms with Gasteiger partial charge in [0.1, 0.15) is 5.82 Å². The molecule has 0 saturated carbocycles. The highest BCUT2D eigenvalue weighted by atomic mass is 35.5. The fourth-order valence-corrected chi connectivity index (χ4v) is 2.79. The average Bonchev–Trinajstić information content (AvgIpc) is 2.91. The van der Waals surface area contributed by atoms with Crippen LogP contribution in [0.15, 0.2) is 6.20 Å². The zero-order chi connectivity index (χ0) is 12.0. The molecule has 3 rings (SSSR count). The quantitative estimate of drug-likeness (QED) is 0.872. The first kappa shape index (κ1) is 10.9. The number of fused-ring (bicyclic) bond motifs is 2. The molecule has 2 saturated heterocycles. The van der Waals surface area contributed by atoms with Crippen molar-refractivity contribution in [3.05, 3.63) is 22.7 Å². The molecule has 3 heterocycles. The van der Waals surface area contributed by atoms with Crippen LogP contribution in [0.25, 0.3) is 0 Å². The van der Waals surface area contributed by atoms with Crippen molar-refractivity contribution in [1.82, 2.24) is 9.97 Å². The number of hydrogen-bond acceptors (Lipinski definition) is 4. The number of aromatic carboxylic acids is 1. The van der Waals surface area contributed by atoms with Gasteiger partial charge in [0, 0.05) is 5.92 Å². The molecule has 90 valence electrons. The largest absolute Gasteiger partial charge is 0.476 e. The first-order valence-corrected chi connectivity index (χ1v) is 5.94. The van der Waals surface area contributed by atoms with Crippen LogP contribution in [0.5, 0.6) is 0 Å². The van der Waals surface area contributed by atoms with Crippen molar-refractivity contribution in [2.45, 2.75) is 37.4 Å². The molecule has 3 atom stereocenters. The minimum absolute atomic E-state index is 0.0744. The van der Waals surface area contributed by atoms with E-state index < -0.39 is 5.97 Å². The van der Waals surface area contributed by atoms with E-state index in [9.17, 15) is 4.79 Å². The topological polar surface area (TPSA) is 72.3 Å². The minimum Gasteiger partial charge on any atom is -0.476 e. The number of hydrogen-bond donors (Lipinski definition) is 1. The second-order valence-electron chi connectivity index (χ2n) is 4.45. The van der Waals surface area contributed by atoms with Crippen molar-refractivity contribution in [2.75, 3.05) is 0 Å². The van der Waals surface area contributed by atoms with Crippen LogP contribution >= 0.6 is 11.6 Å². The van der Waals surface area contributed by atoms with Crippen molar-refractivity contribution in [3.63, 3.8) is 0 Å². The molecule has 0 spiro atoms. The Balaban J connectivity index is 1.93. The number of carboxylic acid groups (broad SMARTS) is 1. The molecule has 17 heavy (non-hydrogen) atoms. The van der Waals surface area contributed by atoms with E-state index in [-0.39, 0.29) is 28.8 Å². The second-order valence-corrected chi connectivity index (χ2v) is 4.85. The molecule has 2 bridgehead atoms. The van der Waals surface area contributed by atoms with Crippen LogP contribution in [0.4, 0.5) is 0 Å². The lowest BCUT2D eigenvalue weighted by Gasteiger charge is -2.17. The van der Waals surface area contributed by atoms with E-state index in [0.29, 0.717) is 5.82 Å². The highest BCUT2D eigenvalue weighted by Crippen LogP contribution is 2.43. The summed E-state index contributed by atoms with van der Waals surface area (Å²) in [5, 5.41) is 9.03. The average molecular weight is 255 g/mol. The van der Waals surface area contributed by atoms with Gasteiger partial charge in [-0.05, 0) is 19.3 Å². The lowest BCUT2D eigenvalue weighted by molar-refractivity contribution is 0.0689. The lowest BCUT2D eigenvalue weighted by Crippen LogP contribution is -2.18. The van der Waals surface area contributed by atoms with Gasteiger partial charge < -0.3 is 9.84 Å². The van der Waals surface area contributed by atoms with Crippen LogP contribution in [0.2, 0.25) is 5.02 Å². The number of nitrogens with zero attached hydrogens (tertiary/aromatic N) is 2. The summed E-state index contributed by atoms with van der Waals surface area (Å²) in [7, 11) is 0. The number of aromatic nitrogens is 2. The predicted octanol–water partition coefficient (Wildman–Crippen LogP) is 1.86. The van der Waals surface area contributed by atoms with Crippen LogP contribution in [-0.2, 0) is 4.74 Å². The van der Waals surface area contributed by atoms with Crippen LogP contribution in [-0.4, -0.2) is 33.3 Å². The van der Waals surface area contributed by atoms with Crippen molar-refractivity contribution >= 4 is 17.6 Å². The summed E-state index contributed by atoms with van der Waals surface area (Å²) in [4.78, 5) is 19.1. The van der Waals surface area contributed by atoms with Gasteiger partial charge in [-0.25, -0.2) is 14.8 Å². The molecule has 6 heteroatoms. The summed E-state index contributed by atoms with van der Waals surface area (Å²) in [6, 6.07) is 0. The molecule has 3 unspecified atom stereocenters. The Kier molecular flexibility index (Phi) is 2.52. The lowest BCUT2D eigenvalue weighted by atomic mass is 9.88. The van der Waals surface area contributed by atoms with E-state index in [1.807, 2.05) is 0 Å². The van der Waals surface area contributed by atoms with E-state index in [4.69, 9.17) is 21.4 Å². The van der Waals surface area contributed by atoms with E-state index in [1.54, 1.807) is 0 Å². The van der Waals surface area contributed by atoms with Gasteiger partial charge in [0.2, 0.25) is 0 Å². The third-order valence-corrected chi connectivity index (χ3v) is 3.68. The van der Waals surface area contributed by atoms with Gasteiger partial charge in [-0.15, -0.1) is 0 Å². The molecular formula is C11H11ClN2O3. The zero-order valence-corrected chi connectivity index (χ0v) is 9.72. The summed E-state index contributed by atoms with van der Waals surface area (Å²) >= 11 is 5.74. The molecule has 0 aliphatic carbocycles. The summed E-state index contributed by atoms with van der Waals surface area (Å²) in [5.41, 5.74) is -0.126. The van der Waals surface area contributed by atoms with E-state index in [1.165, 1.54) is 6.20 Å². The molecule has 1 aromatic rings. The van der Waals surface area contributed by atoms with Gasteiger partial charge in [-0.3, -0.25) is 0 Å². The maximum Gasteiger partial charge on any atom is 0.356 e. The van der Waals surface area contributed by atoms with Crippen LogP contribution in [0, 0.1) is 0 Å². The SMILES string of the molecule is O=C(O)c1nc(C2CC3CCC2O3)ncc1Cl. The van der Waals surface area contributed by atoms with Gasteiger partial charge in [0.05, 0.1) is 23.4 Å². The van der Waals surface area contributed by atoms with Crippen LogP contribution in [0.3, 0.4) is 0 Å². The molecule has 1 aromatic heterocycles. The fourth-order valence-electron chi connectivity index (χ4n) is 2.62. The highest BCUT2D eigenvalue weighted by Gasteiger charge is 2.43. The molecule has 0 aromatic carbocycles. The number of carbonyl (C=O) groups is 1. The van der Waals surface area contributed by atoms with E-state index in [0.717, 1.165) is 19.3 Å². The third-order valence-electron chi connectivity index (χ3n) is 3.40. The maximum atomic E-state index is 10.9. The van der Waals surface area contributed by atoms with Crippen molar-refractivity contribution in [2.24, 2.45) is 0 Å². The van der Waals surface area contributed by atoms with Gasteiger partial charge in [0.15, 0.2) is 5.69 Å². The number of ether oxygens (including phenoxy) is 1. The number of rotatable bonds is 2. The van der Waals surface area contributed by atoms with Crippen LogP contribution in [0.1, 0.15) is 41.5 Å². The van der Waals surface area contributed by atoms with Crippen LogP contribution < -0.4 is 0 Å². The molecule has 0 radical (unpaired) electrons. The predicted molar refractivity (Wildman–Crippen MR) is 59.3 cm³/mol. The Hall–Kier alpha value is -1.20. The minimum atomic E-state index is -1.12. The zero-order valence-electron chi connectivity index (χ0n) is 8.97. The number of carboxylic acids is 1. The van der Waals surface area contributed by atoms with Crippen molar-refractivity contribution in [1.29, 1.82) is 0 Å². The third kappa shape index (κ3) is 1.79. The first-order chi connectivity index (χ1) is 8.15. The molecular weight excluding hydrogens is 244 g/mol. The standard InChI is InChI=1S/C11H11ClN2O3/c12-7-4-13-10(14-9(7)11(15)16)6-3-5-1-2-8(6)17-5/h4-6,8H,1-3H2,(H,15,16). The monoisotopic (exact) mass is 254 g/mol. The Bertz CT molecular complexity index is 480. The normalized spacial score (nSPS) is 30.8. The Morgan fingerprint density at radius 2 is 2.35 bits per heavy atom.